The number of pyridine rings is 1. The van der Waals surface area contributed by atoms with Gasteiger partial charge >= 0.3 is 6.03 Å². The normalized spacial score (nSPS) is 16.1. The molecule has 3 amide bonds. The first-order valence-corrected chi connectivity index (χ1v) is 13.5. The fraction of sp³-hybridized carbons (Fsp3) is 0.370. The van der Waals surface area contributed by atoms with E-state index < -0.39 is 0 Å². The number of carbonyl (C=O) groups excluding carboxylic acids is 2. The van der Waals surface area contributed by atoms with Crippen LogP contribution in [0.25, 0.3) is 0 Å². The number of nitrogens with zero attached hydrogens (tertiary/aromatic N) is 4. The lowest BCUT2D eigenvalue weighted by Gasteiger charge is -2.53. The van der Waals surface area contributed by atoms with Crippen molar-refractivity contribution in [2.45, 2.75) is 44.4 Å². The molecule has 1 aliphatic carbocycles. The largest absolute Gasteiger partial charge is 0.347 e. The number of hydrogen-bond donors (Lipinski definition) is 2. The Kier molecular flexibility index (Phi) is 7.29. The van der Waals surface area contributed by atoms with Gasteiger partial charge in [-0.2, -0.15) is 0 Å². The van der Waals surface area contributed by atoms with Crippen molar-refractivity contribution < 1.29 is 9.59 Å². The molecule has 194 valence electrons. The van der Waals surface area contributed by atoms with Gasteiger partial charge in [-0.1, -0.05) is 23.7 Å². The zero-order valence-corrected chi connectivity index (χ0v) is 23.3. The second-order valence-electron chi connectivity index (χ2n) is 9.85. The van der Waals surface area contributed by atoms with Gasteiger partial charge in [-0.15, -0.1) is 0 Å². The molecule has 0 unspecified atom stereocenters. The SMILES string of the molecule is CN(C)C(=O)Nc1ccc(CNC(=O)c2ccc3n2CCN(Cc2ncc(Br)cc2Cl)C32CCC2)cc1. The van der Waals surface area contributed by atoms with E-state index >= 15 is 0 Å². The van der Waals surface area contributed by atoms with Gasteiger partial charge in [-0.3, -0.25) is 14.7 Å². The lowest BCUT2D eigenvalue weighted by Crippen LogP contribution is -2.56. The number of hydrogen-bond acceptors (Lipinski definition) is 4. The predicted molar refractivity (Wildman–Crippen MR) is 148 cm³/mol. The molecule has 1 aromatic carbocycles. The van der Waals surface area contributed by atoms with Gasteiger partial charge in [-0.25, -0.2) is 4.79 Å². The number of amides is 3. The summed E-state index contributed by atoms with van der Waals surface area (Å²) in [6.45, 7) is 2.66. The highest BCUT2D eigenvalue weighted by atomic mass is 79.9. The highest BCUT2D eigenvalue weighted by Gasteiger charge is 2.48. The summed E-state index contributed by atoms with van der Waals surface area (Å²) in [6.07, 6.45) is 5.07. The molecular formula is C27H30BrClN6O2. The van der Waals surface area contributed by atoms with Crippen molar-refractivity contribution in [1.29, 1.82) is 0 Å². The lowest BCUT2D eigenvalue weighted by atomic mass is 9.72. The van der Waals surface area contributed by atoms with Gasteiger partial charge in [0.05, 0.1) is 16.3 Å². The average Bonchev–Trinajstić information content (AvgIpc) is 3.28. The van der Waals surface area contributed by atoms with Crippen molar-refractivity contribution in [2.24, 2.45) is 0 Å². The Morgan fingerprint density at radius 3 is 2.54 bits per heavy atom. The highest BCUT2D eigenvalue weighted by molar-refractivity contribution is 9.10. The summed E-state index contributed by atoms with van der Waals surface area (Å²) in [5.74, 6) is -0.0863. The van der Waals surface area contributed by atoms with Crippen LogP contribution in [0.2, 0.25) is 5.02 Å². The highest BCUT2D eigenvalue weighted by Crippen LogP contribution is 2.49. The summed E-state index contributed by atoms with van der Waals surface area (Å²) in [4.78, 5) is 33.5. The van der Waals surface area contributed by atoms with Crippen molar-refractivity contribution in [3.8, 4) is 0 Å². The molecule has 0 saturated heterocycles. The molecule has 1 aliphatic heterocycles. The maximum absolute atomic E-state index is 13.2. The Balaban J connectivity index is 1.26. The van der Waals surface area contributed by atoms with Crippen LogP contribution in [0.15, 0.2) is 53.1 Å². The van der Waals surface area contributed by atoms with E-state index in [2.05, 4.69) is 47.1 Å². The topological polar surface area (TPSA) is 82.5 Å². The zero-order valence-electron chi connectivity index (χ0n) is 20.9. The zero-order chi connectivity index (χ0) is 26.2. The Labute approximate surface area is 230 Å². The molecule has 2 aromatic heterocycles. The molecule has 3 aromatic rings. The Bertz CT molecular complexity index is 1320. The second-order valence-corrected chi connectivity index (χ2v) is 11.2. The van der Waals surface area contributed by atoms with Gasteiger partial charge < -0.3 is 20.1 Å². The molecule has 0 bridgehead atoms. The van der Waals surface area contributed by atoms with E-state index in [0.717, 1.165) is 48.1 Å². The number of urea groups is 1. The molecule has 0 atom stereocenters. The monoisotopic (exact) mass is 584 g/mol. The van der Waals surface area contributed by atoms with E-state index in [4.69, 9.17) is 11.6 Å². The molecule has 1 spiro atoms. The van der Waals surface area contributed by atoms with Gasteiger partial charge in [0.25, 0.3) is 5.91 Å². The summed E-state index contributed by atoms with van der Waals surface area (Å²) in [7, 11) is 3.39. The molecule has 1 fully saturated rings. The fourth-order valence-corrected chi connectivity index (χ4v) is 5.87. The summed E-state index contributed by atoms with van der Waals surface area (Å²) in [6, 6.07) is 13.2. The molecule has 8 nitrogen and oxygen atoms in total. The number of benzene rings is 1. The van der Waals surface area contributed by atoms with E-state index in [-0.39, 0.29) is 17.5 Å². The minimum atomic E-state index is -0.182. The van der Waals surface area contributed by atoms with E-state index in [1.54, 1.807) is 20.3 Å². The van der Waals surface area contributed by atoms with Gasteiger partial charge in [0.1, 0.15) is 5.69 Å². The molecule has 3 heterocycles. The van der Waals surface area contributed by atoms with Crippen LogP contribution < -0.4 is 10.6 Å². The van der Waals surface area contributed by atoms with Gasteiger partial charge in [0.15, 0.2) is 0 Å². The average molecular weight is 586 g/mol. The molecule has 2 aliphatic rings. The van der Waals surface area contributed by atoms with Crippen LogP contribution in [0.3, 0.4) is 0 Å². The predicted octanol–water partition coefficient (Wildman–Crippen LogP) is 5.22. The van der Waals surface area contributed by atoms with Gasteiger partial charge in [0, 0.05) is 62.3 Å². The van der Waals surface area contributed by atoms with Crippen molar-refractivity contribution in [3.05, 3.63) is 80.8 Å². The molecule has 5 rings (SSSR count). The first kappa shape index (κ1) is 25.8. The molecule has 2 N–H and O–H groups in total. The van der Waals surface area contributed by atoms with Crippen molar-refractivity contribution in [2.75, 3.05) is 26.0 Å². The van der Waals surface area contributed by atoms with Crippen LogP contribution in [0, 0.1) is 0 Å². The molecule has 0 radical (unpaired) electrons. The van der Waals surface area contributed by atoms with Crippen molar-refractivity contribution in [1.82, 2.24) is 24.7 Å². The maximum atomic E-state index is 13.2. The van der Waals surface area contributed by atoms with Crippen LogP contribution >= 0.6 is 27.5 Å². The first-order chi connectivity index (χ1) is 17.8. The summed E-state index contributed by atoms with van der Waals surface area (Å²) in [5, 5.41) is 6.53. The van der Waals surface area contributed by atoms with Crippen LogP contribution in [0.1, 0.15) is 46.7 Å². The maximum Gasteiger partial charge on any atom is 0.321 e. The standard InChI is InChI=1S/C27H30BrClN6O2/c1-33(2)26(37)32-20-6-4-18(5-7-20)15-31-25(36)23-8-9-24-27(10-3-11-27)34(12-13-35(23)24)17-22-21(29)14-19(28)16-30-22/h4-9,14,16H,3,10-13,15,17H2,1-2H3,(H,31,36)(H,32,37). The van der Waals surface area contributed by atoms with Crippen molar-refractivity contribution in [3.63, 3.8) is 0 Å². The number of nitrogens with one attached hydrogen (secondary N) is 2. The van der Waals surface area contributed by atoms with Crippen molar-refractivity contribution >= 4 is 45.2 Å². The third-order valence-corrected chi connectivity index (χ3v) is 8.12. The fourth-order valence-electron chi connectivity index (χ4n) is 5.18. The third kappa shape index (κ3) is 5.12. The lowest BCUT2D eigenvalue weighted by molar-refractivity contribution is -0.0224. The van der Waals surface area contributed by atoms with Gasteiger partial charge in [0.2, 0.25) is 0 Å². The molecule has 10 heteroatoms. The van der Waals surface area contributed by atoms with Crippen LogP contribution in [0.4, 0.5) is 10.5 Å². The number of anilines is 1. The summed E-state index contributed by atoms with van der Waals surface area (Å²) < 4.78 is 3.05. The van der Waals surface area contributed by atoms with Crippen LogP contribution in [-0.4, -0.2) is 51.9 Å². The van der Waals surface area contributed by atoms with E-state index in [1.807, 2.05) is 36.4 Å². The Morgan fingerprint density at radius 2 is 1.89 bits per heavy atom. The van der Waals surface area contributed by atoms with E-state index in [0.29, 0.717) is 29.5 Å². The smallest absolute Gasteiger partial charge is 0.321 e. The van der Waals surface area contributed by atoms with E-state index in [1.165, 1.54) is 10.6 Å². The molecule has 1 saturated carbocycles. The van der Waals surface area contributed by atoms with Gasteiger partial charge in [-0.05, 0) is 71.1 Å². The Hall–Kier alpha value is -2.88. The van der Waals surface area contributed by atoms with Crippen LogP contribution in [-0.2, 0) is 25.2 Å². The number of fused-ring (bicyclic) bond motifs is 2. The second kappa shape index (κ2) is 10.5. The molecule has 37 heavy (non-hydrogen) atoms. The van der Waals surface area contributed by atoms with Crippen LogP contribution in [0.5, 0.6) is 0 Å². The number of halogens is 2. The number of rotatable bonds is 6. The number of carbonyl (C=O) groups is 2. The minimum absolute atomic E-state index is 0.0817. The summed E-state index contributed by atoms with van der Waals surface area (Å²) >= 11 is 9.91. The summed E-state index contributed by atoms with van der Waals surface area (Å²) in [5.41, 5.74) is 4.36. The quantitative estimate of drug-likeness (QED) is 0.416. The molecular weight excluding hydrogens is 556 g/mol. The minimum Gasteiger partial charge on any atom is -0.347 e. The number of aromatic nitrogens is 2. The Morgan fingerprint density at radius 1 is 1.14 bits per heavy atom. The third-order valence-electron chi connectivity index (χ3n) is 7.36. The van der Waals surface area contributed by atoms with E-state index in [9.17, 15) is 9.59 Å². The first-order valence-electron chi connectivity index (χ1n) is 12.4.